The summed E-state index contributed by atoms with van der Waals surface area (Å²) in [5, 5.41) is 2.79. The smallest absolute Gasteiger partial charge is 0.221 e. The quantitative estimate of drug-likeness (QED) is 0.900. The predicted octanol–water partition coefficient (Wildman–Crippen LogP) is 2.51. The Kier molecular flexibility index (Phi) is 3.46. The van der Waals surface area contributed by atoms with E-state index in [1.807, 2.05) is 37.5 Å². The van der Waals surface area contributed by atoms with Gasteiger partial charge in [0.15, 0.2) is 0 Å². The van der Waals surface area contributed by atoms with E-state index in [0.717, 1.165) is 23.5 Å². The van der Waals surface area contributed by atoms with Gasteiger partial charge in [0.2, 0.25) is 5.91 Å². The number of imidazole rings is 1. The second kappa shape index (κ2) is 5.04. The number of aromatic nitrogens is 2. The predicted molar refractivity (Wildman–Crippen MR) is 71.5 cm³/mol. The first kappa shape index (κ1) is 12.4. The molecule has 0 unspecified atom stereocenters. The van der Waals surface area contributed by atoms with Crippen molar-refractivity contribution in [2.75, 3.05) is 5.32 Å². The number of carbonyl (C=O) groups excluding carboxylic acids is 1. The van der Waals surface area contributed by atoms with E-state index in [1.54, 1.807) is 0 Å². The summed E-state index contributed by atoms with van der Waals surface area (Å²) >= 11 is 0. The average molecular weight is 243 g/mol. The first-order chi connectivity index (χ1) is 8.56. The second-order valence-corrected chi connectivity index (χ2v) is 4.42. The van der Waals surface area contributed by atoms with Crippen LogP contribution in [0.15, 0.2) is 30.6 Å². The van der Waals surface area contributed by atoms with Gasteiger partial charge in [0, 0.05) is 24.8 Å². The van der Waals surface area contributed by atoms with E-state index >= 15 is 0 Å². The molecule has 0 aliphatic carbocycles. The number of amides is 1. The topological polar surface area (TPSA) is 46.9 Å². The van der Waals surface area contributed by atoms with Crippen LogP contribution in [0, 0.1) is 13.8 Å². The summed E-state index contributed by atoms with van der Waals surface area (Å²) in [4.78, 5) is 15.3. The molecule has 2 rings (SSSR count). The number of benzene rings is 1. The van der Waals surface area contributed by atoms with Gasteiger partial charge in [-0.2, -0.15) is 0 Å². The Labute approximate surface area is 107 Å². The maximum atomic E-state index is 11.0. The lowest BCUT2D eigenvalue weighted by atomic mass is 10.2. The Balaban J connectivity index is 2.19. The summed E-state index contributed by atoms with van der Waals surface area (Å²) in [7, 11) is 0. The molecule has 0 aliphatic heterocycles. The van der Waals surface area contributed by atoms with Gasteiger partial charge in [0.05, 0.1) is 12.0 Å². The van der Waals surface area contributed by atoms with Crippen LogP contribution in [0.4, 0.5) is 5.69 Å². The molecule has 18 heavy (non-hydrogen) atoms. The molecule has 94 valence electrons. The molecule has 4 nitrogen and oxygen atoms in total. The van der Waals surface area contributed by atoms with Crippen molar-refractivity contribution in [2.45, 2.75) is 27.3 Å². The zero-order valence-corrected chi connectivity index (χ0v) is 10.9. The summed E-state index contributed by atoms with van der Waals surface area (Å²) in [5.74, 6) is -0.0539. The molecule has 1 aromatic heterocycles. The molecule has 0 saturated heterocycles. The minimum Gasteiger partial charge on any atom is -0.330 e. The van der Waals surface area contributed by atoms with Crippen LogP contribution in [0.25, 0.3) is 0 Å². The maximum absolute atomic E-state index is 11.0. The molecule has 0 fully saturated rings. The summed E-state index contributed by atoms with van der Waals surface area (Å²) in [5.41, 5.74) is 4.18. The SMILES string of the molecule is CC(=O)Nc1cccc(Cn2cnc(C)c2C)c1. The number of rotatable bonds is 3. The van der Waals surface area contributed by atoms with Gasteiger partial charge in [-0.05, 0) is 31.5 Å². The molecular formula is C14H17N3O. The van der Waals surface area contributed by atoms with E-state index in [4.69, 9.17) is 0 Å². The Morgan fingerprint density at radius 1 is 1.39 bits per heavy atom. The van der Waals surface area contributed by atoms with Crippen LogP contribution in [0.2, 0.25) is 0 Å². The van der Waals surface area contributed by atoms with Crippen LogP contribution in [-0.4, -0.2) is 15.5 Å². The van der Waals surface area contributed by atoms with Gasteiger partial charge in [0.1, 0.15) is 0 Å². The Morgan fingerprint density at radius 2 is 2.17 bits per heavy atom. The standard InChI is InChI=1S/C14H17N3O/c1-10-11(2)17(9-15-10)8-13-5-4-6-14(7-13)16-12(3)18/h4-7,9H,8H2,1-3H3,(H,16,18). The van der Waals surface area contributed by atoms with Gasteiger partial charge >= 0.3 is 0 Å². The normalized spacial score (nSPS) is 10.4. The van der Waals surface area contributed by atoms with Crippen LogP contribution in [0.1, 0.15) is 23.9 Å². The number of nitrogens with one attached hydrogen (secondary N) is 1. The van der Waals surface area contributed by atoms with Crippen LogP contribution in [-0.2, 0) is 11.3 Å². The molecule has 1 heterocycles. The summed E-state index contributed by atoms with van der Waals surface area (Å²) < 4.78 is 2.10. The number of hydrogen-bond donors (Lipinski definition) is 1. The molecule has 0 bridgehead atoms. The molecule has 1 N–H and O–H groups in total. The highest BCUT2D eigenvalue weighted by atomic mass is 16.1. The van der Waals surface area contributed by atoms with Crippen molar-refractivity contribution in [3.63, 3.8) is 0 Å². The highest BCUT2D eigenvalue weighted by Crippen LogP contribution is 2.13. The first-order valence-corrected chi connectivity index (χ1v) is 5.91. The van der Waals surface area contributed by atoms with Crippen LogP contribution in [0.5, 0.6) is 0 Å². The largest absolute Gasteiger partial charge is 0.330 e. The number of hydrogen-bond acceptors (Lipinski definition) is 2. The van der Waals surface area contributed by atoms with Gasteiger partial charge in [0.25, 0.3) is 0 Å². The lowest BCUT2D eigenvalue weighted by Crippen LogP contribution is -2.06. The van der Waals surface area contributed by atoms with Crippen molar-refractivity contribution in [1.29, 1.82) is 0 Å². The number of carbonyl (C=O) groups is 1. The lowest BCUT2D eigenvalue weighted by Gasteiger charge is -2.08. The van der Waals surface area contributed by atoms with Gasteiger partial charge < -0.3 is 9.88 Å². The van der Waals surface area contributed by atoms with Crippen LogP contribution < -0.4 is 5.32 Å². The molecule has 1 amide bonds. The third-order valence-electron chi connectivity index (χ3n) is 2.95. The van der Waals surface area contributed by atoms with Gasteiger partial charge in [-0.25, -0.2) is 4.98 Å². The molecule has 0 saturated carbocycles. The van der Waals surface area contributed by atoms with Crippen LogP contribution >= 0.6 is 0 Å². The molecule has 4 heteroatoms. The first-order valence-electron chi connectivity index (χ1n) is 5.91. The van der Waals surface area contributed by atoms with Crippen molar-refractivity contribution in [1.82, 2.24) is 9.55 Å². The minimum atomic E-state index is -0.0539. The Hall–Kier alpha value is -2.10. The van der Waals surface area contributed by atoms with Crippen molar-refractivity contribution < 1.29 is 4.79 Å². The average Bonchev–Trinajstić information content (AvgIpc) is 2.61. The van der Waals surface area contributed by atoms with Gasteiger partial charge in [-0.15, -0.1) is 0 Å². The summed E-state index contributed by atoms with van der Waals surface area (Å²) in [6.07, 6.45) is 1.84. The highest BCUT2D eigenvalue weighted by Gasteiger charge is 2.03. The van der Waals surface area contributed by atoms with Crippen molar-refractivity contribution in [2.24, 2.45) is 0 Å². The molecule has 0 radical (unpaired) electrons. The third-order valence-corrected chi connectivity index (χ3v) is 2.95. The zero-order chi connectivity index (χ0) is 13.1. The second-order valence-electron chi connectivity index (χ2n) is 4.42. The fraction of sp³-hybridized carbons (Fsp3) is 0.286. The van der Waals surface area contributed by atoms with Crippen molar-refractivity contribution in [3.8, 4) is 0 Å². The highest BCUT2D eigenvalue weighted by molar-refractivity contribution is 5.88. The molecular weight excluding hydrogens is 226 g/mol. The zero-order valence-electron chi connectivity index (χ0n) is 10.9. The number of anilines is 1. The van der Waals surface area contributed by atoms with E-state index in [0.29, 0.717) is 0 Å². The molecule has 0 spiro atoms. The fourth-order valence-corrected chi connectivity index (χ4v) is 1.85. The monoisotopic (exact) mass is 243 g/mol. The maximum Gasteiger partial charge on any atom is 0.221 e. The van der Waals surface area contributed by atoms with Crippen molar-refractivity contribution in [3.05, 3.63) is 47.5 Å². The summed E-state index contributed by atoms with van der Waals surface area (Å²) in [6.45, 7) is 6.33. The molecule has 0 atom stereocenters. The molecule has 0 aliphatic rings. The van der Waals surface area contributed by atoms with Gasteiger partial charge in [-0.1, -0.05) is 12.1 Å². The Bertz CT molecular complexity index is 572. The Morgan fingerprint density at radius 3 is 2.78 bits per heavy atom. The molecule has 2 aromatic rings. The van der Waals surface area contributed by atoms with E-state index in [9.17, 15) is 4.79 Å². The lowest BCUT2D eigenvalue weighted by molar-refractivity contribution is -0.114. The minimum absolute atomic E-state index is 0.0539. The summed E-state index contributed by atoms with van der Waals surface area (Å²) in [6, 6.07) is 7.85. The van der Waals surface area contributed by atoms with E-state index in [-0.39, 0.29) is 5.91 Å². The molecule has 1 aromatic carbocycles. The van der Waals surface area contributed by atoms with E-state index in [1.165, 1.54) is 12.6 Å². The fourth-order valence-electron chi connectivity index (χ4n) is 1.85. The van der Waals surface area contributed by atoms with E-state index < -0.39 is 0 Å². The third kappa shape index (κ3) is 2.77. The number of nitrogens with zero attached hydrogens (tertiary/aromatic N) is 2. The van der Waals surface area contributed by atoms with Gasteiger partial charge in [-0.3, -0.25) is 4.79 Å². The number of aryl methyl sites for hydroxylation is 1. The van der Waals surface area contributed by atoms with Crippen LogP contribution in [0.3, 0.4) is 0 Å². The van der Waals surface area contributed by atoms with Crippen molar-refractivity contribution >= 4 is 11.6 Å². The van der Waals surface area contributed by atoms with E-state index in [2.05, 4.69) is 21.8 Å².